The average Bonchev–Trinajstić information content (AvgIpc) is 3.15. The third-order valence-corrected chi connectivity index (χ3v) is 11.3. The van der Waals surface area contributed by atoms with Gasteiger partial charge < -0.3 is 19.1 Å². The van der Waals surface area contributed by atoms with Crippen molar-refractivity contribution in [2.75, 3.05) is 46.4 Å². The summed E-state index contributed by atoms with van der Waals surface area (Å²) in [5.41, 5.74) is -0.670. The van der Waals surface area contributed by atoms with Crippen LogP contribution in [0.4, 0.5) is 0 Å². The first-order valence-corrected chi connectivity index (χ1v) is 23.2. The molecule has 1 aliphatic heterocycles. The molecule has 0 atom stereocenters. The van der Waals surface area contributed by atoms with E-state index in [-0.39, 0.29) is 29.6 Å². The zero-order valence-corrected chi connectivity index (χ0v) is 37.7. The Hall–Kier alpha value is -2.19. The number of ether oxygens (including phenoxy) is 3. The van der Waals surface area contributed by atoms with Gasteiger partial charge in [0.15, 0.2) is 0 Å². The van der Waals surface area contributed by atoms with Crippen LogP contribution in [0.25, 0.3) is 0 Å². The van der Waals surface area contributed by atoms with Crippen LogP contribution in [-0.2, 0) is 28.6 Å². The normalized spacial score (nSPS) is 14.6. The summed E-state index contributed by atoms with van der Waals surface area (Å²) in [7, 11) is 2.17. The molecule has 0 radical (unpaired) electrons. The highest BCUT2D eigenvalue weighted by Gasteiger charge is 2.40. The van der Waals surface area contributed by atoms with E-state index in [9.17, 15) is 14.4 Å². The van der Waals surface area contributed by atoms with Gasteiger partial charge in [-0.2, -0.15) is 0 Å². The maximum Gasteiger partial charge on any atom is 0.311 e. The van der Waals surface area contributed by atoms with E-state index < -0.39 is 5.41 Å². The second-order valence-electron chi connectivity index (χ2n) is 17.8. The molecule has 0 amide bonds. The van der Waals surface area contributed by atoms with Gasteiger partial charge in [0.2, 0.25) is 0 Å². The van der Waals surface area contributed by atoms with Crippen molar-refractivity contribution < 1.29 is 28.6 Å². The summed E-state index contributed by atoms with van der Waals surface area (Å²) in [6.07, 6.45) is 33.6. The van der Waals surface area contributed by atoms with E-state index in [2.05, 4.69) is 70.5 Å². The van der Waals surface area contributed by atoms with Crippen molar-refractivity contribution >= 4 is 17.9 Å². The minimum absolute atomic E-state index is 0.0839. The molecule has 0 aliphatic carbocycles. The Morgan fingerprint density at radius 2 is 1.00 bits per heavy atom. The van der Waals surface area contributed by atoms with Gasteiger partial charge in [-0.05, 0) is 105 Å². The number of rotatable bonds is 35. The summed E-state index contributed by atoms with van der Waals surface area (Å²) in [5.74, 6) is -0.302. The van der Waals surface area contributed by atoms with Gasteiger partial charge in [-0.15, -0.1) is 0 Å². The molecular weight excluding hydrogens is 701 g/mol. The maximum atomic E-state index is 13.7. The highest BCUT2D eigenvalue weighted by molar-refractivity contribution is 5.76. The van der Waals surface area contributed by atoms with Gasteiger partial charge >= 0.3 is 17.9 Å². The standard InChI is InChI=1S/C48H88N2O6/c1-8-10-12-14-16-24-30-40-54-44(51)34-28-22-18-20-26-32-43(56-46(53)47(3,4)42-48(5,6)50-38-36-49(7)37-39-50)33-27-21-19-23-29-35-45(52)55-41-31-25-17-15-13-11-9-2/h24-25,30-31,43H,8-23,26-29,32-42H2,1-7H3/b30-24-,31-25-. The van der Waals surface area contributed by atoms with Crippen LogP contribution in [0.3, 0.4) is 0 Å². The minimum atomic E-state index is -0.580. The number of carbonyl (C=O) groups excluding carboxylic acids is 3. The lowest BCUT2D eigenvalue weighted by atomic mass is 9.79. The molecule has 0 bridgehead atoms. The molecule has 0 spiro atoms. The molecule has 0 saturated carbocycles. The molecule has 1 heterocycles. The second kappa shape index (κ2) is 32.7. The largest absolute Gasteiger partial charge is 0.462 e. The Morgan fingerprint density at radius 3 is 1.46 bits per heavy atom. The van der Waals surface area contributed by atoms with E-state index in [0.717, 1.165) is 122 Å². The van der Waals surface area contributed by atoms with Crippen molar-refractivity contribution in [3.05, 3.63) is 24.3 Å². The number of esters is 3. The van der Waals surface area contributed by atoms with Crippen LogP contribution in [0.2, 0.25) is 0 Å². The third-order valence-electron chi connectivity index (χ3n) is 11.3. The quantitative estimate of drug-likeness (QED) is 0.0272. The van der Waals surface area contributed by atoms with Gasteiger partial charge in [-0.25, -0.2) is 0 Å². The monoisotopic (exact) mass is 789 g/mol. The van der Waals surface area contributed by atoms with Crippen LogP contribution in [0.15, 0.2) is 24.3 Å². The fourth-order valence-electron chi connectivity index (χ4n) is 7.77. The van der Waals surface area contributed by atoms with Gasteiger partial charge in [-0.1, -0.05) is 115 Å². The second-order valence-corrected chi connectivity index (χ2v) is 17.8. The van der Waals surface area contributed by atoms with E-state index in [1.54, 1.807) is 0 Å². The van der Waals surface area contributed by atoms with Crippen LogP contribution in [0, 0.1) is 5.41 Å². The first-order valence-electron chi connectivity index (χ1n) is 23.2. The van der Waals surface area contributed by atoms with Crippen molar-refractivity contribution in [3.8, 4) is 0 Å². The minimum Gasteiger partial charge on any atom is -0.462 e. The number of piperazine rings is 1. The SMILES string of the molecule is CCCCCC/C=C\COC(=O)CCCCCCCC(CCCCCCCC(=O)OC/C=C\CCCCCC)OC(=O)C(C)(C)CC(C)(C)N1CCN(C)CC1. The lowest BCUT2D eigenvalue weighted by molar-refractivity contribution is -0.163. The van der Waals surface area contributed by atoms with Crippen molar-refractivity contribution in [1.29, 1.82) is 0 Å². The number of unbranched alkanes of at least 4 members (excludes halogenated alkanes) is 16. The maximum absolute atomic E-state index is 13.7. The molecule has 0 aromatic carbocycles. The predicted molar refractivity (Wildman–Crippen MR) is 234 cm³/mol. The number of carbonyl (C=O) groups is 3. The molecule has 1 fully saturated rings. The van der Waals surface area contributed by atoms with Crippen LogP contribution in [-0.4, -0.2) is 85.8 Å². The predicted octanol–water partition coefficient (Wildman–Crippen LogP) is 11.9. The zero-order valence-electron chi connectivity index (χ0n) is 37.7. The summed E-state index contributed by atoms with van der Waals surface area (Å²) >= 11 is 0. The van der Waals surface area contributed by atoms with Gasteiger partial charge in [0.1, 0.15) is 19.3 Å². The zero-order chi connectivity index (χ0) is 41.3. The van der Waals surface area contributed by atoms with Crippen molar-refractivity contribution in [3.63, 3.8) is 0 Å². The molecule has 0 N–H and O–H groups in total. The van der Waals surface area contributed by atoms with Crippen LogP contribution < -0.4 is 0 Å². The number of likely N-dealkylation sites (N-methyl/N-ethyl adjacent to an activating group) is 1. The van der Waals surface area contributed by atoms with Crippen LogP contribution in [0.1, 0.15) is 202 Å². The fraction of sp³-hybridized carbons (Fsp3) is 0.854. The molecule has 326 valence electrons. The topological polar surface area (TPSA) is 85.4 Å². The van der Waals surface area contributed by atoms with E-state index in [1.165, 1.54) is 51.4 Å². The van der Waals surface area contributed by atoms with E-state index in [0.29, 0.717) is 26.1 Å². The highest BCUT2D eigenvalue weighted by atomic mass is 16.5. The molecular formula is C48H88N2O6. The van der Waals surface area contributed by atoms with Crippen LogP contribution >= 0.6 is 0 Å². The van der Waals surface area contributed by atoms with Crippen molar-refractivity contribution in [1.82, 2.24) is 9.80 Å². The molecule has 1 saturated heterocycles. The lowest BCUT2D eigenvalue weighted by Crippen LogP contribution is -2.55. The Bertz CT molecular complexity index is 1010. The molecule has 1 rings (SSSR count). The van der Waals surface area contributed by atoms with Gasteiger partial charge in [0, 0.05) is 44.6 Å². The van der Waals surface area contributed by atoms with Crippen molar-refractivity contribution in [2.45, 2.75) is 214 Å². The fourth-order valence-corrected chi connectivity index (χ4v) is 7.77. The van der Waals surface area contributed by atoms with Gasteiger partial charge in [-0.3, -0.25) is 19.3 Å². The molecule has 0 aromatic heterocycles. The summed E-state index contributed by atoms with van der Waals surface area (Å²) in [6, 6.07) is 0. The Balaban J connectivity index is 2.46. The Kier molecular flexibility index (Phi) is 30.3. The first-order chi connectivity index (χ1) is 26.9. The highest BCUT2D eigenvalue weighted by Crippen LogP contribution is 2.34. The van der Waals surface area contributed by atoms with Gasteiger partial charge in [0.05, 0.1) is 5.41 Å². The summed E-state index contributed by atoms with van der Waals surface area (Å²) in [4.78, 5) is 42.9. The molecule has 8 nitrogen and oxygen atoms in total. The molecule has 8 heteroatoms. The van der Waals surface area contributed by atoms with E-state index in [4.69, 9.17) is 14.2 Å². The summed E-state index contributed by atoms with van der Waals surface area (Å²) in [5, 5.41) is 0. The Labute approximate surface area is 345 Å². The molecule has 1 aliphatic rings. The number of allylic oxidation sites excluding steroid dienone is 2. The summed E-state index contributed by atoms with van der Waals surface area (Å²) < 4.78 is 17.1. The Morgan fingerprint density at radius 1 is 0.571 bits per heavy atom. The van der Waals surface area contributed by atoms with Gasteiger partial charge in [0.25, 0.3) is 0 Å². The van der Waals surface area contributed by atoms with Crippen molar-refractivity contribution in [2.24, 2.45) is 5.41 Å². The molecule has 0 unspecified atom stereocenters. The average molecular weight is 789 g/mol. The lowest BCUT2D eigenvalue weighted by Gasteiger charge is -2.46. The first kappa shape index (κ1) is 51.8. The molecule has 0 aromatic rings. The van der Waals surface area contributed by atoms with E-state index >= 15 is 0 Å². The smallest absolute Gasteiger partial charge is 0.311 e. The summed E-state index contributed by atoms with van der Waals surface area (Å²) in [6.45, 7) is 18.0. The van der Waals surface area contributed by atoms with E-state index in [1.807, 2.05) is 12.2 Å². The third kappa shape index (κ3) is 27.4. The number of hydrogen-bond acceptors (Lipinski definition) is 8. The molecule has 56 heavy (non-hydrogen) atoms. The number of hydrogen-bond donors (Lipinski definition) is 0. The van der Waals surface area contributed by atoms with Crippen LogP contribution in [0.5, 0.6) is 0 Å². The number of nitrogens with zero attached hydrogens (tertiary/aromatic N) is 2.